The summed E-state index contributed by atoms with van der Waals surface area (Å²) >= 11 is 0. The van der Waals surface area contributed by atoms with Gasteiger partial charge >= 0.3 is 17.9 Å². The van der Waals surface area contributed by atoms with E-state index in [0.717, 1.165) is 118 Å². The molecule has 0 saturated heterocycles. The Kier molecular flexibility index (Phi) is 30.2. The highest BCUT2D eigenvalue weighted by atomic mass is 16.5. The van der Waals surface area contributed by atoms with E-state index in [-0.39, 0.29) is 59.9 Å². The Bertz CT molecular complexity index is 1900. The molecule has 0 unspecified atom stereocenters. The minimum Gasteiger partial charge on any atom is -0.494 e. The quantitative estimate of drug-likeness (QED) is 0.0159. The molecule has 11 nitrogen and oxygen atoms in total. The first kappa shape index (κ1) is 60.0. The van der Waals surface area contributed by atoms with Crippen molar-refractivity contribution in [1.82, 2.24) is 0 Å². The second-order valence-corrected chi connectivity index (χ2v) is 19.0. The van der Waals surface area contributed by atoms with Crippen LogP contribution in [0, 0.1) is 29.6 Å². The first-order valence-electron chi connectivity index (χ1n) is 26.6. The molecule has 0 atom stereocenters. The lowest BCUT2D eigenvalue weighted by molar-refractivity contribution is -0.152. The zero-order chi connectivity index (χ0) is 51.6. The number of allylic oxidation sites excluding steroid dienone is 6. The maximum absolute atomic E-state index is 13.2. The van der Waals surface area contributed by atoms with Crippen molar-refractivity contribution in [1.29, 1.82) is 0 Å². The predicted molar refractivity (Wildman–Crippen MR) is 283 cm³/mol. The third-order valence-electron chi connectivity index (χ3n) is 13.0. The average Bonchev–Trinajstić information content (AvgIpc) is 3.37. The van der Waals surface area contributed by atoms with E-state index in [1.807, 2.05) is 25.1 Å². The van der Waals surface area contributed by atoms with Gasteiger partial charge in [0.05, 0.1) is 49.9 Å². The summed E-state index contributed by atoms with van der Waals surface area (Å²) < 4.78 is 46.5. The van der Waals surface area contributed by atoms with Crippen LogP contribution in [-0.4, -0.2) is 64.2 Å². The molecule has 0 amide bonds. The van der Waals surface area contributed by atoms with Crippen molar-refractivity contribution in [2.75, 3.05) is 46.2 Å². The lowest BCUT2D eigenvalue weighted by atomic mass is 9.81. The average molecular weight is 985 g/mol. The van der Waals surface area contributed by atoms with Gasteiger partial charge in [0.15, 0.2) is 0 Å². The molecule has 2 saturated carbocycles. The van der Waals surface area contributed by atoms with Gasteiger partial charge in [-0.25, -0.2) is 0 Å². The summed E-state index contributed by atoms with van der Waals surface area (Å²) in [7, 11) is 0. The van der Waals surface area contributed by atoms with Crippen molar-refractivity contribution >= 4 is 17.9 Å². The van der Waals surface area contributed by atoms with E-state index in [0.29, 0.717) is 76.8 Å². The predicted octanol–water partition coefficient (Wildman–Crippen LogP) is 14.4. The van der Waals surface area contributed by atoms with Crippen molar-refractivity contribution in [3.8, 4) is 11.5 Å². The van der Waals surface area contributed by atoms with E-state index in [9.17, 15) is 14.4 Å². The smallest absolute Gasteiger partial charge is 0.314 e. The monoisotopic (exact) mass is 985 g/mol. The molecule has 11 heteroatoms. The summed E-state index contributed by atoms with van der Waals surface area (Å²) in [4.78, 5) is 39.3. The van der Waals surface area contributed by atoms with Gasteiger partial charge in [-0.2, -0.15) is 0 Å². The van der Waals surface area contributed by atoms with Gasteiger partial charge in [-0.1, -0.05) is 66.5 Å². The van der Waals surface area contributed by atoms with E-state index in [4.69, 9.17) is 37.9 Å². The zero-order valence-electron chi connectivity index (χ0n) is 44.2. The standard InChI is InChI=1S/C60H88O11/c1-10-23-53(13-4)66-41-20-16-17-21-42-67-54-34-36-55(37-35-54)71-60(63)52-28-26-49(27-29-52)57(24-11-2)68-44-56(45(5)6)46(7)43-69-58(61)50-30-32-51(33-31-50)59(62)70-48(9)25-22-39-64-38-18-14-15-19-40-65-47(8)12-3/h12-13,22-25,34-37,45,49-52H,3-4,8-11,14-21,26-33,38-44H2,1-2,5-7H3/b25-22-,53-23+,56-46+,57-24+. The highest BCUT2D eigenvalue weighted by Gasteiger charge is 2.33. The van der Waals surface area contributed by atoms with Gasteiger partial charge in [0.25, 0.3) is 0 Å². The van der Waals surface area contributed by atoms with Crippen molar-refractivity contribution in [3.63, 3.8) is 0 Å². The van der Waals surface area contributed by atoms with E-state index < -0.39 is 0 Å². The molecule has 2 aliphatic carbocycles. The summed E-state index contributed by atoms with van der Waals surface area (Å²) in [6, 6.07) is 7.30. The Morgan fingerprint density at radius 3 is 1.75 bits per heavy atom. The molecule has 0 spiro atoms. The van der Waals surface area contributed by atoms with Gasteiger partial charge in [0, 0.05) is 12.5 Å². The summed E-state index contributed by atoms with van der Waals surface area (Å²) in [5.41, 5.74) is 2.08. The zero-order valence-corrected chi connectivity index (χ0v) is 44.2. The normalized spacial score (nSPS) is 18.8. The molecule has 1 aromatic carbocycles. The van der Waals surface area contributed by atoms with Gasteiger partial charge in [-0.15, -0.1) is 0 Å². The number of esters is 3. The minimum absolute atomic E-state index is 0.167. The van der Waals surface area contributed by atoms with Crippen LogP contribution in [0.5, 0.6) is 11.5 Å². The van der Waals surface area contributed by atoms with Crippen molar-refractivity contribution in [2.45, 2.75) is 150 Å². The van der Waals surface area contributed by atoms with Crippen LogP contribution in [0.1, 0.15) is 150 Å². The number of benzene rings is 1. The molecule has 71 heavy (non-hydrogen) atoms. The van der Waals surface area contributed by atoms with Gasteiger partial charge in [0.1, 0.15) is 42.0 Å². The van der Waals surface area contributed by atoms with Gasteiger partial charge in [0.2, 0.25) is 0 Å². The molecule has 3 rings (SSSR count). The molecule has 2 fully saturated rings. The lowest BCUT2D eigenvalue weighted by Crippen LogP contribution is -2.28. The molecule has 0 heterocycles. The third-order valence-corrected chi connectivity index (χ3v) is 13.0. The molecule has 0 N–H and O–H groups in total. The Morgan fingerprint density at radius 2 is 1.15 bits per heavy atom. The Labute approximate surface area is 427 Å². The largest absolute Gasteiger partial charge is 0.494 e. The van der Waals surface area contributed by atoms with Crippen LogP contribution < -0.4 is 9.47 Å². The van der Waals surface area contributed by atoms with Crippen LogP contribution in [0.25, 0.3) is 0 Å². The third kappa shape index (κ3) is 24.6. The van der Waals surface area contributed by atoms with Gasteiger partial charge in [-0.05, 0) is 188 Å². The van der Waals surface area contributed by atoms with E-state index in [1.165, 1.54) is 0 Å². The number of carbonyl (C=O) groups is 3. The van der Waals surface area contributed by atoms with Crippen molar-refractivity contribution in [2.24, 2.45) is 29.6 Å². The van der Waals surface area contributed by atoms with E-state index in [2.05, 4.69) is 60.1 Å². The SMILES string of the molecule is C=CC(=C)OCCCCCCOC/C=C\C(=C)OC(=O)C1CCC(C(=O)OC/C(C)=C(\CO/C(=C/CC)C2CCC(C(=O)Oc3ccc(OCCCCCCO/C(C=C)=C/CC)cc3)CC2)C(C)C)CC1. The van der Waals surface area contributed by atoms with Gasteiger partial charge < -0.3 is 37.9 Å². The van der Waals surface area contributed by atoms with E-state index in [1.54, 1.807) is 36.4 Å². The highest BCUT2D eigenvalue weighted by molar-refractivity contribution is 5.76. The lowest BCUT2D eigenvalue weighted by Gasteiger charge is -2.30. The second kappa shape index (κ2) is 35.8. The van der Waals surface area contributed by atoms with Crippen LogP contribution in [-0.2, 0) is 42.8 Å². The Balaban J connectivity index is 1.32. The Hall–Kier alpha value is -5.29. The topological polar surface area (TPSA) is 125 Å². The summed E-state index contributed by atoms with van der Waals surface area (Å²) in [5, 5.41) is 0. The molecule has 0 radical (unpaired) electrons. The molecular weight excluding hydrogens is 897 g/mol. The molecule has 0 aliphatic heterocycles. The highest BCUT2D eigenvalue weighted by Crippen LogP contribution is 2.36. The number of carbonyl (C=O) groups excluding carboxylic acids is 3. The second-order valence-electron chi connectivity index (χ2n) is 19.0. The maximum Gasteiger partial charge on any atom is 0.314 e. The number of unbranched alkanes of at least 4 members (excludes halogenated alkanes) is 6. The number of hydrogen-bond acceptors (Lipinski definition) is 11. The first-order valence-corrected chi connectivity index (χ1v) is 26.6. The van der Waals surface area contributed by atoms with Crippen LogP contribution in [0.2, 0.25) is 0 Å². The molecule has 394 valence electrons. The summed E-state index contributed by atoms with van der Waals surface area (Å²) in [6.07, 6.45) is 26.3. The van der Waals surface area contributed by atoms with E-state index >= 15 is 0 Å². The molecular formula is C60H88O11. The number of ether oxygens (including phenoxy) is 8. The maximum atomic E-state index is 13.2. The molecule has 0 aromatic heterocycles. The fourth-order valence-corrected chi connectivity index (χ4v) is 8.70. The summed E-state index contributed by atoms with van der Waals surface area (Å²) in [6.45, 7) is 29.1. The van der Waals surface area contributed by atoms with Crippen LogP contribution >= 0.6 is 0 Å². The minimum atomic E-state index is -0.317. The Morgan fingerprint density at radius 1 is 0.606 bits per heavy atom. The van der Waals surface area contributed by atoms with Crippen molar-refractivity contribution < 1.29 is 52.3 Å². The molecule has 1 aromatic rings. The molecule has 2 aliphatic rings. The van der Waals surface area contributed by atoms with Crippen molar-refractivity contribution in [3.05, 3.63) is 121 Å². The fourth-order valence-electron chi connectivity index (χ4n) is 8.70. The van der Waals surface area contributed by atoms with Gasteiger partial charge in [-0.3, -0.25) is 14.4 Å². The van der Waals surface area contributed by atoms with Crippen LogP contribution in [0.15, 0.2) is 121 Å². The number of rotatable bonds is 36. The fraction of sp³-hybridized carbons (Fsp3) is 0.583. The van der Waals surface area contributed by atoms with Crippen LogP contribution in [0.4, 0.5) is 0 Å². The molecule has 0 bridgehead atoms. The first-order chi connectivity index (χ1) is 34.4. The summed E-state index contributed by atoms with van der Waals surface area (Å²) in [5.74, 6) is 2.94. The number of hydrogen-bond donors (Lipinski definition) is 0. The van der Waals surface area contributed by atoms with Crippen LogP contribution in [0.3, 0.4) is 0 Å².